The average Bonchev–Trinajstić information content (AvgIpc) is 3.38. The zero-order chi connectivity index (χ0) is 42.1. The molecular weight excluding hydrogens is 777 g/mol. The van der Waals surface area contributed by atoms with E-state index in [1.54, 1.807) is 0 Å². The van der Waals surface area contributed by atoms with Crippen molar-refractivity contribution in [2.75, 3.05) is 0 Å². The predicted octanol–water partition coefficient (Wildman–Crippen LogP) is 15.7. The van der Waals surface area contributed by atoms with Crippen molar-refractivity contribution in [1.29, 1.82) is 0 Å². The quantitative estimate of drug-likeness (QED) is 0.166. The molecular formula is C60H36N4. The number of hydrogen-bond donors (Lipinski definition) is 0. The van der Waals surface area contributed by atoms with Crippen LogP contribution in [0.25, 0.3) is 131 Å². The molecule has 13 rings (SSSR count). The summed E-state index contributed by atoms with van der Waals surface area (Å²) in [6, 6.07) is 74.1. The zero-order valence-electron chi connectivity index (χ0n) is 34.6. The molecule has 4 heteroatoms. The van der Waals surface area contributed by atoms with Gasteiger partial charge in [-0.1, -0.05) is 188 Å². The Hall–Kier alpha value is -8.60. The van der Waals surface area contributed by atoms with Crippen LogP contribution in [-0.2, 0) is 0 Å². The SMILES string of the molecule is c1ccc(-c2cc(-c3cnc(-c4ccccc4)nc3)nc(-c3ccc4c5ccccc5c5ccccc5c5ccccc5c5c(cc6ccc7cccc8ccc5c6c78)c4c3)n2)cc1. The lowest BCUT2D eigenvalue weighted by Gasteiger charge is -2.16. The van der Waals surface area contributed by atoms with Crippen LogP contribution in [0, 0.1) is 0 Å². The topological polar surface area (TPSA) is 51.6 Å². The van der Waals surface area contributed by atoms with Crippen molar-refractivity contribution < 1.29 is 0 Å². The lowest BCUT2D eigenvalue weighted by Crippen LogP contribution is -1.97. The Kier molecular flexibility index (Phi) is 8.18. The minimum atomic E-state index is 0.627. The summed E-state index contributed by atoms with van der Waals surface area (Å²) in [6.07, 6.45) is 3.73. The van der Waals surface area contributed by atoms with Crippen LogP contribution in [0.15, 0.2) is 219 Å². The minimum absolute atomic E-state index is 0.627. The predicted molar refractivity (Wildman–Crippen MR) is 268 cm³/mol. The molecule has 0 atom stereocenters. The Morgan fingerprint density at radius 1 is 0.234 bits per heavy atom. The van der Waals surface area contributed by atoms with Gasteiger partial charge in [-0.25, -0.2) is 19.9 Å². The summed E-state index contributed by atoms with van der Waals surface area (Å²) >= 11 is 0. The van der Waals surface area contributed by atoms with Crippen molar-refractivity contribution in [2.24, 2.45) is 0 Å². The van der Waals surface area contributed by atoms with Gasteiger partial charge in [0.2, 0.25) is 0 Å². The van der Waals surface area contributed by atoms with Crippen molar-refractivity contribution >= 4 is 86.2 Å². The minimum Gasteiger partial charge on any atom is -0.236 e. The Morgan fingerprint density at radius 3 is 1.38 bits per heavy atom. The molecule has 0 fully saturated rings. The fraction of sp³-hybridized carbons (Fsp3) is 0. The Bertz CT molecular complexity index is 4040. The molecule has 0 N–H and O–H groups in total. The number of rotatable bonds is 4. The van der Waals surface area contributed by atoms with E-state index in [2.05, 4.69) is 152 Å². The van der Waals surface area contributed by atoms with Crippen LogP contribution in [0.2, 0.25) is 0 Å². The summed E-state index contributed by atoms with van der Waals surface area (Å²) < 4.78 is 0. The zero-order valence-corrected chi connectivity index (χ0v) is 34.6. The van der Waals surface area contributed by atoms with Gasteiger partial charge in [-0.15, -0.1) is 0 Å². The monoisotopic (exact) mass is 812 g/mol. The highest BCUT2D eigenvalue weighted by molar-refractivity contribution is 6.36. The van der Waals surface area contributed by atoms with Crippen molar-refractivity contribution in [3.05, 3.63) is 219 Å². The van der Waals surface area contributed by atoms with Gasteiger partial charge in [0, 0.05) is 34.6 Å². The van der Waals surface area contributed by atoms with E-state index >= 15 is 0 Å². The van der Waals surface area contributed by atoms with Gasteiger partial charge in [0.1, 0.15) is 0 Å². The summed E-state index contributed by atoms with van der Waals surface area (Å²) in [5.41, 5.74) is 5.28. The molecule has 13 aromatic rings. The summed E-state index contributed by atoms with van der Waals surface area (Å²) in [5.74, 6) is 1.30. The maximum atomic E-state index is 5.32. The molecule has 0 saturated carbocycles. The van der Waals surface area contributed by atoms with Gasteiger partial charge >= 0.3 is 0 Å². The molecule has 0 aliphatic rings. The van der Waals surface area contributed by atoms with Crippen molar-refractivity contribution in [3.63, 3.8) is 0 Å². The first-order chi connectivity index (χ1) is 31.7. The largest absolute Gasteiger partial charge is 0.236 e. The molecule has 0 radical (unpaired) electrons. The van der Waals surface area contributed by atoms with Crippen molar-refractivity contribution in [1.82, 2.24) is 19.9 Å². The first-order valence-electron chi connectivity index (χ1n) is 21.7. The number of benzene rings is 10. The van der Waals surface area contributed by atoms with Gasteiger partial charge in [0.25, 0.3) is 0 Å². The third kappa shape index (κ3) is 5.77. The summed E-state index contributed by atoms with van der Waals surface area (Å²) in [5, 5.41) is 19.3. The number of fused-ring (bicyclic) bond motifs is 11. The fourth-order valence-corrected chi connectivity index (χ4v) is 9.97. The molecule has 0 aliphatic carbocycles. The van der Waals surface area contributed by atoms with Crippen molar-refractivity contribution in [3.8, 4) is 45.3 Å². The van der Waals surface area contributed by atoms with E-state index in [0.29, 0.717) is 11.6 Å². The Labute approximate surface area is 368 Å². The van der Waals surface area contributed by atoms with E-state index < -0.39 is 0 Å². The molecule has 0 amide bonds. The molecule has 2 heterocycles. The highest BCUT2D eigenvalue weighted by Crippen LogP contribution is 2.44. The van der Waals surface area contributed by atoms with E-state index in [0.717, 1.165) is 49.8 Å². The van der Waals surface area contributed by atoms with Gasteiger partial charge < -0.3 is 0 Å². The fourth-order valence-electron chi connectivity index (χ4n) is 9.97. The van der Waals surface area contributed by atoms with Crippen LogP contribution in [0.4, 0.5) is 0 Å². The molecule has 2 aromatic heterocycles. The third-order valence-electron chi connectivity index (χ3n) is 12.9. The maximum Gasteiger partial charge on any atom is 0.160 e. The molecule has 4 nitrogen and oxygen atoms in total. The van der Waals surface area contributed by atoms with Crippen molar-refractivity contribution in [2.45, 2.75) is 0 Å². The number of nitrogens with zero attached hydrogens (tertiary/aromatic N) is 4. The lowest BCUT2D eigenvalue weighted by molar-refractivity contribution is 1.14. The first-order valence-corrected chi connectivity index (χ1v) is 21.7. The molecule has 0 bridgehead atoms. The normalized spacial score (nSPS) is 11.8. The highest BCUT2D eigenvalue weighted by atomic mass is 14.9. The highest BCUT2D eigenvalue weighted by Gasteiger charge is 2.18. The van der Waals surface area contributed by atoms with E-state index in [4.69, 9.17) is 19.9 Å². The number of hydrogen-bond acceptors (Lipinski definition) is 4. The molecule has 64 heavy (non-hydrogen) atoms. The smallest absolute Gasteiger partial charge is 0.160 e. The summed E-state index contributed by atoms with van der Waals surface area (Å²) in [6.45, 7) is 0. The molecule has 296 valence electrons. The number of aromatic nitrogens is 4. The summed E-state index contributed by atoms with van der Waals surface area (Å²) in [7, 11) is 0. The van der Waals surface area contributed by atoms with Crippen LogP contribution in [0.5, 0.6) is 0 Å². The second-order valence-corrected chi connectivity index (χ2v) is 16.5. The van der Waals surface area contributed by atoms with E-state index in [1.807, 2.05) is 67.0 Å². The van der Waals surface area contributed by atoms with Gasteiger partial charge in [-0.2, -0.15) is 0 Å². The first kappa shape index (κ1) is 36.1. The van der Waals surface area contributed by atoms with E-state index in [-0.39, 0.29) is 0 Å². The van der Waals surface area contributed by atoms with E-state index in [1.165, 1.54) is 70.0 Å². The van der Waals surface area contributed by atoms with Crippen LogP contribution in [-0.4, -0.2) is 19.9 Å². The molecule has 11 aromatic carbocycles. The van der Waals surface area contributed by atoms with E-state index in [9.17, 15) is 0 Å². The van der Waals surface area contributed by atoms with Crippen LogP contribution < -0.4 is 0 Å². The second kappa shape index (κ2) is 14.5. The average molecular weight is 813 g/mol. The van der Waals surface area contributed by atoms with Gasteiger partial charge in [-0.05, 0) is 104 Å². The maximum absolute atomic E-state index is 5.32. The standard InChI is InChI=1S/C60H36N4/c1-3-14-37(15-4-1)54-34-55(43-35-61-59(62-36-43)40-16-5-2-6-17-40)64-60(63-54)42-29-30-49-47-23-10-8-21-45(47)44-20-7-9-22-46(44)48-24-11-12-25-50(48)58-51-31-28-39-19-13-18-38-26-27-41(57(51)56(38)39)32-53(58)52(49)33-42/h1-36H. The second-order valence-electron chi connectivity index (χ2n) is 16.5. The van der Waals surface area contributed by atoms with Crippen LogP contribution in [0.3, 0.4) is 0 Å². The molecule has 0 unspecified atom stereocenters. The summed E-state index contributed by atoms with van der Waals surface area (Å²) in [4.78, 5) is 20.2. The molecule has 0 aliphatic heterocycles. The van der Waals surface area contributed by atoms with Gasteiger partial charge in [0.15, 0.2) is 11.6 Å². The van der Waals surface area contributed by atoms with Gasteiger partial charge in [-0.3, -0.25) is 0 Å². The molecule has 0 saturated heterocycles. The van der Waals surface area contributed by atoms with Crippen LogP contribution in [0.1, 0.15) is 0 Å². The Morgan fingerprint density at radius 2 is 0.734 bits per heavy atom. The Balaban J connectivity index is 1.18. The van der Waals surface area contributed by atoms with Crippen LogP contribution >= 0.6 is 0 Å². The molecule has 0 spiro atoms. The third-order valence-corrected chi connectivity index (χ3v) is 12.9. The van der Waals surface area contributed by atoms with Gasteiger partial charge in [0.05, 0.1) is 11.4 Å². The lowest BCUT2D eigenvalue weighted by atomic mass is 9.87.